The third-order valence-electron chi connectivity index (χ3n) is 2.84. The summed E-state index contributed by atoms with van der Waals surface area (Å²) in [7, 11) is 0. The summed E-state index contributed by atoms with van der Waals surface area (Å²) < 4.78 is 14.1. The van der Waals surface area contributed by atoms with Crippen molar-refractivity contribution < 1.29 is 14.1 Å². The number of carbonyl (C=O) groups is 1. The molecule has 0 fully saturated rings. The molecule has 0 aliphatic rings. The van der Waals surface area contributed by atoms with Crippen molar-refractivity contribution in [2.45, 2.75) is 6.92 Å². The van der Waals surface area contributed by atoms with Gasteiger partial charge in [-0.15, -0.1) is 0 Å². The fourth-order valence-electron chi connectivity index (χ4n) is 1.75. The molecule has 0 saturated carbocycles. The topological polar surface area (TPSA) is 72.2 Å². The highest BCUT2D eigenvalue weighted by atomic mass is 79.9. The van der Waals surface area contributed by atoms with Crippen LogP contribution >= 0.6 is 15.9 Å². The van der Waals surface area contributed by atoms with Crippen LogP contribution in [0.15, 0.2) is 40.9 Å². The molecule has 0 aliphatic heterocycles. The Kier molecular flexibility index (Phi) is 4.32. The second-order valence-electron chi connectivity index (χ2n) is 4.31. The Morgan fingerprint density at radius 3 is 2.71 bits per heavy atom. The largest absolute Gasteiger partial charge is 0.322 e. The number of nitrogens with zero attached hydrogens (tertiary/aromatic N) is 1. The molecule has 2 rings (SSSR count). The number of nitrogens with one attached hydrogen (secondary N) is 1. The van der Waals surface area contributed by atoms with Crippen LogP contribution in [0.3, 0.4) is 0 Å². The molecule has 0 aliphatic carbocycles. The number of amides is 1. The highest BCUT2D eigenvalue weighted by Gasteiger charge is 2.16. The lowest BCUT2D eigenvalue weighted by Gasteiger charge is -2.07. The molecule has 0 spiro atoms. The Morgan fingerprint density at radius 2 is 2.05 bits per heavy atom. The van der Waals surface area contributed by atoms with Crippen LogP contribution in [0.1, 0.15) is 15.9 Å². The number of hydrogen-bond acceptors (Lipinski definition) is 3. The van der Waals surface area contributed by atoms with E-state index < -0.39 is 16.6 Å². The van der Waals surface area contributed by atoms with Gasteiger partial charge in [0.15, 0.2) is 0 Å². The quantitative estimate of drug-likeness (QED) is 0.668. The summed E-state index contributed by atoms with van der Waals surface area (Å²) in [5, 5.41) is 13.3. The lowest BCUT2D eigenvalue weighted by atomic mass is 10.1. The SMILES string of the molecule is Cc1cccc(C(=O)Nc2ccc(Br)c([N+](=O)[O-])c2)c1F. The van der Waals surface area contributed by atoms with Crippen LogP contribution < -0.4 is 5.32 Å². The summed E-state index contributed by atoms with van der Waals surface area (Å²) in [6.45, 7) is 1.55. The molecule has 1 amide bonds. The van der Waals surface area contributed by atoms with Gasteiger partial charge in [-0.2, -0.15) is 0 Å². The Labute approximate surface area is 128 Å². The fourth-order valence-corrected chi connectivity index (χ4v) is 2.14. The summed E-state index contributed by atoms with van der Waals surface area (Å²) in [4.78, 5) is 22.3. The van der Waals surface area contributed by atoms with Gasteiger partial charge in [0.25, 0.3) is 11.6 Å². The second kappa shape index (κ2) is 6.01. The van der Waals surface area contributed by atoms with E-state index in [9.17, 15) is 19.3 Å². The standard InChI is InChI=1S/C14H10BrFN2O3/c1-8-3-2-4-10(13(8)16)14(19)17-9-5-6-11(15)12(7-9)18(20)21/h2-7H,1H3,(H,17,19). The van der Waals surface area contributed by atoms with Crippen LogP contribution in [0.4, 0.5) is 15.8 Å². The molecule has 1 N–H and O–H groups in total. The Hall–Kier alpha value is -2.28. The van der Waals surface area contributed by atoms with Crippen LogP contribution in [-0.4, -0.2) is 10.8 Å². The van der Waals surface area contributed by atoms with E-state index >= 15 is 0 Å². The predicted molar refractivity (Wildman–Crippen MR) is 79.9 cm³/mol. The number of anilines is 1. The first-order chi connectivity index (χ1) is 9.90. The first kappa shape index (κ1) is 15.1. The molecule has 7 heteroatoms. The van der Waals surface area contributed by atoms with Crippen LogP contribution in [0.5, 0.6) is 0 Å². The normalized spacial score (nSPS) is 10.2. The number of carbonyl (C=O) groups excluding carboxylic acids is 1. The molecule has 2 aromatic carbocycles. The maximum Gasteiger partial charge on any atom is 0.285 e. The second-order valence-corrected chi connectivity index (χ2v) is 5.17. The Morgan fingerprint density at radius 1 is 1.33 bits per heavy atom. The third-order valence-corrected chi connectivity index (χ3v) is 3.51. The van der Waals surface area contributed by atoms with E-state index in [2.05, 4.69) is 21.2 Å². The van der Waals surface area contributed by atoms with E-state index in [0.29, 0.717) is 10.0 Å². The van der Waals surface area contributed by atoms with Crippen LogP contribution in [0.2, 0.25) is 0 Å². The van der Waals surface area contributed by atoms with Gasteiger partial charge in [-0.25, -0.2) is 4.39 Å². The summed E-state index contributed by atoms with van der Waals surface area (Å²) in [5.74, 6) is -1.27. The van der Waals surface area contributed by atoms with Gasteiger partial charge in [-0.05, 0) is 46.6 Å². The first-order valence-electron chi connectivity index (χ1n) is 5.90. The summed E-state index contributed by atoms with van der Waals surface area (Å²) in [6.07, 6.45) is 0. The van der Waals surface area contributed by atoms with Crippen LogP contribution in [0, 0.1) is 22.9 Å². The van der Waals surface area contributed by atoms with E-state index in [-0.39, 0.29) is 16.9 Å². The zero-order valence-corrected chi connectivity index (χ0v) is 12.5. The van der Waals surface area contributed by atoms with Crippen molar-refractivity contribution in [1.82, 2.24) is 0 Å². The van der Waals surface area contributed by atoms with Crippen molar-refractivity contribution in [2.75, 3.05) is 5.32 Å². The molecular weight excluding hydrogens is 343 g/mol. The maximum atomic E-state index is 13.8. The van der Waals surface area contributed by atoms with E-state index in [1.807, 2.05) is 0 Å². The molecule has 0 saturated heterocycles. The lowest BCUT2D eigenvalue weighted by Crippen LogP contribution is -2.14. The van der Waals surface area contributed by atoms with Gasteiger partial charge in [0.1, 0.15) is 5.82 Å². The number of nitro groups is 1. The van der Waals surface area contributed by atoms with Crippen LogP contribution in [0.25, 0.3) is 0 Å². The molecule has 0 unspecified atom stereocenters. The highest BCUT2D eigenvalue weighted by molar-refractivity contribution is 9.10. The maximum absolute atomic E-state index is 13.8. The third kappa shape index (κ3) is 3.25. The van der Waals surface area contributed by atoms with Crippen molar-refractivity contribution in [3.05, 3.63) is 67.9 Å². The molecule has 21 heavy (non-hydrogen) atoms. The van der Waals surface area contributed by atoms with Gasteiger partial charge in [0.2, 0.25) is 0 Å². The minimum absolute atomic E-state index is 0.111. The summed E-state index contributed by atoms with van der Waals surface area (Å²) in [6, 6.07) is 8.61. The van der Waals surface area contributed by atoms with E-state index in [0.717, 1.165) is 0 Å². The summed E-state index contributed by atoms with van der Waals surface area (Å²) >= 11 is 3.05. The molecule has 0 radical (unpaired) electrons. The molecule has 0 aromatic heterocycles. The van der Waals surface area contributed by atoms with Crippen molar-refractivity contribution in [3.8, 4) is 0 Å². The number of benzene rings is 2. The van der Waals surface area contributed by atoms with Gasteiger partial charge in [0.05, 0.1) is 15.0 Å². The fraction of sp³-hybridized carbons (Fsp3) is 0.0714. The van der Waals surface area contributed by atoms with Gasteiger partial charge in [0, 0.05) is 11.8 Å². The molecule has 5 nitrogen and oxygen atoms in total. The Bertz CT molecular complexity index is 734. The monoisotopic (exact) mass is 352 g/mol. The number of hydrogen-bond donors (Lipinski definition) is 1. The van der Waals surface area contributed by atoms with Gasteiger partial charge < -0.3 is 5.32 Å². The van der Waals surface area contributed by atoms with Crippen LogP contribution in [-0.2, 0) is 0 Å². The number of halogens is 2. The minimum Gasteiger partial charge on any atom is -0.322 e. The smallest absolute Gasteiger partial charge is 0.285 e. The van der Waals surface area contributed by atoms with Gasteiger partial charge >= 0.3 is 0 Å². The summed E-state index contributed by atoms with van der Waals surface area (Å²) in [5.41, 5.74) is 0.276. The minimum atomic E-state index is -0.659. The highest BCUT2D eigenvalue weighted by Crippen LogP contribution is 2.28. The average Bonchev–Trinajstić information content (AvgIpc) is 2.43. The zero-order valence-electron chi connectivity index (χ0n) is 10.9. The average molecular weight is 353 g/mol. The zero-order chi connectivity index (χ0) is 15.6. The molecule has 0 bridgehead atoms. The molecule has 2 aromatic rings. The van der Waals surface area contributed by atoms with Crippen molar-refractivity contribution in [2.24, 2.45) is 0 Å². The van der Waals surface area contributed by atoms with Crippen molar-refractivity contribution >= 4 is 33.2 Å². The van der Waals surface area contributed by atoms with Gasteiger partial charge in [-0.3, -0.25) is 14.9 Å². The molecule has 108 valence electrons. The van der Waals surface area contributed by atoms with Crippen molar-refractivity contribution in [3.63, 3.8) is 0 Å². The van der Waals surface area contributed by atoms with E-state index in [1.165, 1.54) is 24.3 Å². The van der Waals surface area contributed by atoms with E-state index in [1.54, 1.807) is 19.1 Å². The van der Waals surface area contributed by atoms with Gasteiger partial charge in [-0.1, -0.05) is 12.1 Å². The number of nitro benzene ring substituents is 1. The van der Waals surface area contributed by atoms with Crippen molar-refractivity contribution in [1.29, 1.82) is 0 Å². The Balaban J connectivity index is 2.30. The lowest BCUT2D eigenvalue weighted by molar-refractivity contribution is -0.385. The first-order valence-corrected chi connectivity index (χ1v) is 6.70. The number of rotatable bonds is 3. The number of aryl methyl sites for hydroxylation is 1. The molecule has 0 atom stereocenters. The molecule has 0 heterocycles. The predicted octanol–water partition coefficient (Wildman–Crippen LogP) is 4.06. The molecular formula is C14H10BrFN2O3. The van der Waals surface area contributed by atoms with E-state index in [4.69, 9.17) is 0 Å².